The highest BCUT2D eigenvalue weighted by atomic mass is 35.5. The van der Waals surface area contributed by atoms with Crippen molar-refractivity contribution in [2.45, 2.75) is 13.0 Å². The second kappa shape index (κ2) is 8.18. The van der Waals surface area contributed by atoms with E-state index in [0.717, 1.165) is 31.7 Å². The highest BCUT2D eigenvalue weighted by Gasteiger charge is 2.18. The molecule has 104 valence electrons. The zero-order valence-corrected chi connectivity index (χ0v) is 12.5. The minimum absolute atomic E-state index is 0. The summed E-state index contributed by atoms with van der Waals surface area (Å²) in [7, 11) is 0. The van der Waals surface area contributed by atoms with Gasteiger partial charge in [0.25, 0.3) is 0 Å². The van der Waals surface area contributed by atoms with Crippen molar-refractivity contribution in [2.75, 3.05) is 26.2 Å². The third-order valence-electron chi connectivity index (χ3n) is 3.07. The number of hydrogen-bond donors (Lipinski definition) is 1. The molecular weight excluding hydrogens is 298 g/mol. The summed E-state index contributed by atoms with van der Waals surface area (Å²) < 4.78 is 13.2. The minimum atomic E-state index is -0.260. The van der Waals surface area contributed by atoms with Crippen LogP contribution in [-0.2, 0) is 0 Å². The molecule has 6 heteroatoms. The predicted octanol–water partition coefficient (Wildman–Crippen LogP) is 3.29. The molecule has 1 N–H and O–H groups in total. The fourth-order valence-corrected chi connectivity index (χ4v) is 2.33. The first-order valence-electron chi connectivity index (χ1n) is 5.57. The SMILES string of the molecule is C[C@@H](c1cc(F)cc(Cl)c1)N1CCNCC1.Cl.Cl. The van der Waals surface area contributed by atoms with Gasteiger partial charge in [-0.1, -0.05) is 11.6 Å². The van der Waals surface area contributed by atoms with Crippen LogP contribution in [0.4, 0.5) is 4.39 Å². The topological polar surface area (TPSA) is 15.3 Å². The summed E-state index contributed by atoms with van der Waals surface area (Å²) in [5.41, 5.74) is 0.951. The molecule has 2 nitrogen and oxygen atoms in total. The predicted molar refractivity (Wildman–Crippen MR) is 78.8 cm³/mol. The van der Waals surface area contributed by atoms with Crippen molar-refractivity contribution in [3.05, 3.63) is 34.6 Å². The number of benzene rings is 1. The Bertz CT molecular complexity index is 350. The summed E-state index contributed by atoms with van der Waals surface area (Å²) in [6.07, 6.45) is 0. The number of rotatable bonds is 2. The number of piperazine rings is 1. The van der Waals surface area contributed by atoms with Crippen molar-refractivity contribution in [2.24, 2.45) is 0 Å². The van der Waals surface area contributed by atoms with Gasteiger partial charge in [0.1, 0.15) is 5.82 Å². The average molecular weight is 316 g/mol. The van der Waals surface area contributed by atoms with Crippen LogP contribution in [0.3, 0.4) is 0 Å². The van der Waals surface area contributed by atoms with Gasteiger partial charge in [0.2, 0.25) is 0 Å². The van der Waals surface area contributed by atoms with Crippen LogP contribution in [-0.4, -0.2) is 31.1 Å². The number of nitrogens with zero attached hydrogens (tertiary/aromatic N) is 1. The van der Waals surface area contributed by atoms with Crippen molar-refractivity contribution in [1.29, 1.82) is 0 Å². The first kappa shape index (κ1) is 17.9. The van der Waals surface area contributed by atoms with E-state index in [9.17, 15) is 4.39 Å². The van der Waals surface area contributed by atoms with E-state index in [1.807, 2.05) is 6.07 Å². The molecule has 1 saturated heterocycles. The lowest BCUT2D eigenvalue weighted by atomic mass is 10.1. The monoisotopic (exact) mass is 314 g/mol. The summed E-state index contributed by atoms with van der Waals surface area (Å²) in [4.78, 5) is 2.33. The van der Waals surface area contributed by atoms with Gasteiger partial charge in [-0.25, -0.2) is 4.39 Å². The molecule has 1 atom stereocenters. The van der Waals surface area contributed by atoms with Crippen LogP contribution in [0.5, 0.6) is 0 Å². The van der Waals surface area contributed by atoms with Crippen molar-refractivity contribution in [3.63, 3.8) is 0 Å². The average Bonchev–Trinajstić information content (AvgIpc) is 2.28. The number of hydrogen-bond acceptors (Lipinski definition) is 2. The normalized spacial score (nSPS) is 17.5. The molecule has 1 aromatic carbocycles. The van der Waals surface area contributed by atoms with Gasteiger partial charge in [0, 0.05) is 37.2 Å². The third-order valence-corrected chi connectivity index (χ3v) is 3.28. The first-order chi connectivity index (χ1) is 7.66. The quantitative estimate of drug-likeness (QED) is 0.901. The maximum absolute atomic E-state index is 13.2. The molecule has 0 aliphatic carbocycles. The zero-order valence-electron chi connectivity index (χ0n) is 10.2. The van der Waals surface area contributed by atoms with Gasteiger partial charge >= 0.3 is 0 Å². The summed E-state index contributed by atoms with van der Waals surface area (Å²) in [5, 5.41) is 3.77. The van der Waals surface area contributed by atoms with Crippen LogP contribution in [0.25, 0.3) is 0 Å². The second-order valence-electron chi connectivity index (χ2n) is 4.16. The Balaban J connectivity index is 0.00000144. The van der Waals surface area contributed by atoms with E-state index in [1.54, 1.807) is 6.07 Å². The third kappa shape index (κ3) is 4.56. The fourth-order valence-electron chi connectivity index (χ4n) is 2.10. The van der Waals surface area contributed by atoms with Crippen LogP contribution in [0.1, 0.15) is 18.5 Å². The van der Waals surface area contributed by atoms with E-state index in [2.05, 4.69) is 17.1 Å². The molecule has 1 aliphatic heterocycles. The van der Waals surface area contributed by atoms with Crippen LogP contribution < -0.4 is 5.32 Å². The molecule has 0 aromatic heterocycles. The summed E-state index contributed by atoms with van der Waals surface area (Å²) in [5.74, 6) is -0.260. The molecular formula is C12H18Cl3FN2. The molecule has 2 rings (SSSR count). The number of nitrogens with one attached hydrogen (secondary N) is 1. The summed E-state index contributed by atoms with van der Waals surface area (Å²) in [6.45, 7) is 6.07. The lowest BCUT2D eigenvalue weighted by Gasteiger charge is -2.33. The second-order valence-corrected chi connectivity index (χ2v) is 4.60. The van der Waals surface area contributed by atoms with Crippen molar-refractivity contribution < 1.29 is 4.39 Å². The summed E-state index contributed by atoms with van der Waals surface area (Å²) in [6, 6.07) is 4.97. The van der Waals surface area contributed by atoms with Gasteiger partial charge in [-0.2, -0.15) is 0 Å². The maximum Gasteiger partial charge on any atom is 0.125 e. The molecule has 1 heterocycles. The smallest absolute Gasteiger partial charge is 0.125 e. The van der Waals surface area contributed by atoms with E-state index in [-0.39, 0.29) is 36.7 Å². The van der Waals surface area contributed by atoms with Crippen molar-refractivity contribution in [3.8, 4) is 0 Å². The van der Waals surface area contributed by atoms with Crippen molar-refractivity contribution >= 4 is 36.4 Å². The molecule has 1 aromatic rings. The van der Waals surface area contributed by atoms with E-state index in [1.165, 1.54) is 6.07 Å². The van der Waals surface area contributed by atoms with Gasteiger partial charge in [-0.05, 0) is 30.7 Å². The van der Waals surface area contributed by atoms with E-state index in [0.29, 0.717) is 5.02 Å². The standard InChI is InChI=1S/C12H16ClFN2.2ClH/c1-9(16-4-2-15-3-5-16)10-6-11(13)8-12(14)7-10;;/h6-9,15H,2-5H2,1H3;2*1H/t9-;;/m0../s1. The van der Waals surface area contributed by atoms with Gasteiger partial charge in [-0.15, -0.1) is 24.8 Å². The van der Waals surface area contributed by atoms with Crippen molar-refractivity contribution in [1.82, 2.24) is 10.2 Å². The Morgan fingerprint density at radius 2 is 1.83 bits per heavy atom. The van der Waals surface area contributed by atoms with Crippen LogP contribution in [0.15, 0.2) is 18.2 Å². The first-order valence-corrected chi connectivity index (χ1v) is 5.95. The van der Waals surface area contributed by atoms with Crippen LogP contribution in [0.2, 0.25) is 5.02 Å². The molecule has 0 bridgehead atoms. The molecule has 0 amide bonds. The van der Waals surface area contributed by atoms with Gasteiger partial charge in [0.15, 0.2) is 0 Å². The molecule has 1 aliphatic rings. The number of halogens is 4. The Labute approximate surface area is 125 Å². The largest absolute Gasteiger partial charge is 0.314 e. The minimum Gasteiger partial charge on any atom is -0.314 e. The Kier molecular flexibility index (Phi) is 8.15. The Hall–Kier alpha value is -0.0600. The van der Waals surface area contributed by atoms with Crippen LogP contribution in [0, 0.1) is 5.82 Å². The molecule has 0 radical (unpaired) electrons. The lowest BCUT2D eigenvalue weighted by Crippen LogP contribution is -2.44. The Morgan fingerprint density at radius 3 is 2.39 bits per heavy atom. The lowest BCUT2D eigenvalue weighted by molar-refractivity contribution is 0.185. The fraction of sp³-hybridized carbons (Fsp3) is 0.500. The maximum atomic E-state index is 13.2. The van der Waals surface area contributed by atoms with Crippen LogP contribution >= 0.6 is 36.4 Å². The molecule has 0 spiro atoms. The molecule has 1 fully saturated rings. The van der Waals surface area contributed by atoms with E-state index in [4.69, 9.17) is 11.6 Å². The van der Waals surface area contributed by atoms with Gasteiger partial charge < -0.3 is 5.32 Å². The summed E-state index contributed by atoms with van der Waals surface area (Å²) >= 11 is 5.86. The Morgan fingerprint density at radius 1 is 1.22 bits per heavy atom. The highest BCUT2D eigenvalue weighted by molar-refractivity contribution is 6.30. The molecule has 0 unspecified atom stereocenters. The van der Waals surface area contributed by atoms with Gasteiger partial charge in [-0.3, -0.25) is 4.90 Å². The molecule has 18 heavy (non-hydrogen) atoms. The highest BCUT2D eigenvalue weighted by Crippen LogP contribution is 2.24. The molecule has 0 saturated carbocycles. The van der Waals surface area contributed by atoms with E-state index >= 15 is 0 Å². The van der Waals surface area contributed by atoms with Gasteiger partial charge in [0.05, 0.1) is 0 Å². The van der Waals surface area contributed by atoms with E-state index < -0.39 is 0 Å². The zero-order chi connectivity index (χ0) is 11.5.